The summed E-state index contributed by atoms with van der Waals surface area (Å²) in [5.74, 6) is -1.07. The Morgan fingerprint density at radius 2 is 1.79 bits per heavy atom. The quantitative estimate of drug-likeness (QED) is 0.662. The summed E-state index contributed by atoms with van der Waals surface area (Å²) in [4.78, 5) is 25.7. The lowest BCUT2D eigenvalue weighted by atomic mass is 10.00. The molecule has 1 fully saturated rings. The second-order valence-electron chi connectivity index (χ2n) is 4.61. The molecular weight excluding hydrogens is 328 g/mol. The number of amides is 2. The molecule has 0 aliphatic carbocycles. The van der Waals surface area contributed by atoms with E-state index in [4.69, 9.17) is 18.0 Å². The molecule has 2 amide bonds. The van der Waals surface area contributed by atoms with Gasteiger partial charge in [0, 0.05) is 21.9 Å². The molecule has 0 radical (unpaired) electrons. The van der Waals surface area contributed by atoms with Crippen LogP contribution in [0.5, 0.6) is 0 Å². The van der Waals surface area contributed by atoms with E-state index in [-0.39, 0.29) is 28.6 Å². The van der Waals surface area contributed by atoms with E-state index >= 15 is 0 Å². The van der Waals surface area contributed by atoms with Gasteiger partial charge in [0.1, 0.15) is 4.99 Å². The van der Waals surface area contributed by atoms with E-state index in [0.29, 0.717) is 11.3 Å². The Morgan fingerprint density at radius 1 is 1.26 bits per heavy atom. The van der Waals surface area contributed by atoms with Crippen molar-refractivity contribution in [3.63, 3.8) is 0 Å². The lowest BCUT2D eigenvalue weighted by Gasteiger charge is -2.18. The highest BCUT2D eigenvalue weighted by Gasteiger charge is 2.43. The van der Waals surface area contributed by atoms with E-state index in [1.807, 2.05) is 0 Å². The van der Waals surface area contributed by atoms with Gasteiger partial charge in [0.15, 0.2) is 0 Å². The number of hydrogen-bond acceptors (Lipinski definition) is 3. The van der Waals surface area contributed by atoms with Crippen molar-refractivity contribution in [2.75, 3.05) is 4.90 Å². The summed E-state index contributed by atoms with van der Waals surface area (Å²) in [5, 5.41) is 0. The zero-order valence-corrected chi connectivity index (χ0v) is 12.9. The van der Waals surface area contributed by atoms with Gasteiger partial charge in [-0.2, -0.15) is 0 Å². The van der Waals surface area contributed by atoms with Gasteiger partial charge in [0.2, 0.25) is 11.8 Å². The molecule has 1 aromatic rings. The third-order valence-corrected chi connectivity index (χ3v) is 4.15. The van der Waals surface area contributed by atoms with Crippen molar-refractivity contribution in [1.82, 2.24) is 0 Å². The third-order valence-electron chi connectivity index (χ3n) is 3.43. The maximum absolute atomic E-state index is 12.2. The van der Waals surface area contributed by atoms with Gasteiger partial charge in [-0.15, -0.1) is 0 Å². The summed E-state index contributed by atoms with van der Waals surface area (Å²) in [7, 11) is 0. The Balaban J connectivity index is 2.57. The van der Waals surface area contributed by atoms with Crippen LogP contribution in [-0.4, -0.2) is 16.8 Å². The topological polar surface area (TPSA) is 63.4 Å². The third kappa shape index (κ3) is 2.30. The lowest BCUT2D eigenvalue weighted by Crippen LogP contribution is -2.32. The second-order valence-corrected chi connectivity index (χ2v) is 5.97. The zero-order valence-electron chi connectivity index (χ0n) is 10.5. The molecule has 0 saturated carbocycles. The molecule has 1 aliphatic heterocycles. The van der Waals surface area contributed by atoms with Crippen LogP contribution >= 0.6 is 28.1 Å². The summed E-state index contributed by atoms with van der Waals surface area (Å²) < 4.78 is 0.791. The number of benzene rings is 1. The maximum atomic E-state index is 12.2. The van der Waals surface area contributed by atoms with Gasteiger partial charge < -0.3 is 5.73 Å². The summed E-state index contributed by atoms with van der Waals surface area (Å²) in [6.07, 6.45) is 0. The number of thiocarbonyl (C=S) groups is 1. The maximum Gasteiger partial charge on any atom is 0.237 e. The summed E-state index contributed by atoms with van der Waals surface area (Å²) in [6, 6.07) is 5.15. The van der Waals surface area contributed by atoms with E-state index < -0.39 is 0 Å². The molecule has 1 saturated heterocycles. The fourth-order valence-corrected chi connectivity index (χ4v) is 2.61. The number of nitrogens with zero attached hydrogens (tertiary/aromatic N) is 1. The van der Waals surface area contributed by atoms with Crippen LogP contribution in [0.15, 0.2) is 22.7 Å². The SMILES string of the molecule is CC1C(=O)N(c2ccc(Br)cc2C(N)=S)C(=O)C1C. The van der Waals surface area contributed by atoms with Crippen LogP contribution in [0, 0.1) is 11.8 Å². The largest absolute Gasteiger partial charge is 0.389 e. The van der Waals surface area contributed by atoms with Crippen LogP contribution < -0.4 is 10.6 Å². The van der Waals surface area contributed by atoms with Gasteiger partial charge in [-0.1, -0.05) is 42.0 Å². The Bertz CT molecular complexity index is 568. The summed E-state index contributed by atoms with van der Waals surface area (Å²) in [6.45, 7) is 3.51. The second kappa shape index (κ2) is 5.02. The van der Waals surface area contributed by atoms with E-state index in [1.54, 1.807) is 32.0 Å². The summed E-state index contributed by atoms with van der Waals surface area (Å²) >= 11 is 8.31. The van der Waals surface area contributed by atoms with Gasteiger partial charge in [-0.3, -0.25) is 9.59 Å². The number of rotatable bonds is 2. The summed E-state index contributed by atoms with van der Waals surface area (Å²) in [5.41, 5.74) is 6.65. The molecule has 100 valence electrons. The van der Waals surface area contributed by atoms with E-state index in [0.717, 1.165) is 4.47 Å². The van der Waals surface area contributed by atoms with Crippen LogP contribution in [0.2, 0.25) is 0 Å². The van der Waals surface area contributed by atoms with Crippen LogP contribution in [0.3, 0.4) is 0 Å². The van der Waals surface area contributed by atoms with Crippen molar-refractivity contribution in [3.8, 4) is 0 Å². The van der Waals surface area contributed by atoms with E-state index in [1.165, 1.54) is 4.90 Å². The molecule has 4 nitrogen and oxygen atoms in total. The lowest BCUT2D eigenvalue weighted by molar-refractivity contribution is -0.122. The molecule has 1 heterocycles. The van der Waals surface area contributed by atoms with Crippen molar-refractivity contribution < 1.29 is 9.59 Å². The minimum absolute atomic E-state index is 0.157. The first-order valence-corrected chi connectivity index (χ1v) is 7.02. The number of anilines is 1. The fourth-order valence-electron chi connectivity index (χ4n) is 2.08. The number of carbonyl (C=O) groups is 2. The smallest absolute Gasteiger partial charge is 0.237 e. The van der Waals surface area contributed by atoms with E-state index in [9.17, 15) is 9.59 Å². The molecule has 2 atom stereocenters. The Labute approximate surface area is 125 Å². The van der Waals surface area contributed by atoms with Crippen molar-refractivity contribution in [3.05, 3.63) is 28.2 Å². The van der Waals surface area contributed by atoms with Crippen molar-refractivity contribution >= 4 is 50.6 Å². The molecule has 0 bridgehead atoms. The average molecular weight is 341 g/mol. The van der Waals surface area contributed by atoms with Gasteiger partial charge in [-0.05, 0) is 18.2 Å². The number of carbonyl (C=O) groups excluding carboxylic acids is 2. The number of hydrogen-bond donors (Lipinski definition) is 1. The van der Waals surface area contributed by atoms with Crippen molar-refractivity contribution in [1.29, 1.82) is 0 Å². The molecule has 0 aromatic heterocycles. The molecule has 1 aromatic carbocycles. The first-order chi connectivity index (χ1) is 8.84. The molecule has 0 spiro atoms. The molecule has 19 heavy (non-hydrogen) atoms. The molecule has 2 unspecified atom stereocenters. The number of imide groups is 1. The van der Waals surface area contributed by atoms with Crippen LogP contribution in [0.1, 0.15) is 19.4 Å². The fraction of sp³-hybridized carbons (Fsp3) is 0.308. The highest BCUT2D eigenvalue weighted by Crippen LogP contribution is 2.33. The zero-order chi connectivity index (χ0) is 14.3. The first-order valence-electron chi connectivity index (χ1n) is 5.81. The molecule has 2 N–H and O–H groups in total. The highest BCUT2D eigenvalue weighted by molar-refractivity contribution is 9.10. The predicted octanol–water partition coefficient (Wildman–Crippen LogP) is 2.23. The molecule has 2 rings (SSSR count). The Morgan fingerprint density at radius 3 is 2.26 bits per heavy atom. The van der Waals surface area contributed by atoms with Gasteiger partial charge in [0.05, 0.1) is 5.69 Å². The minimum atomic E-state index is -0.324. The van der Waals surface area contributed by atoms with Gasteiger partial charge >= 0.3 is 0 Å². The Hall–Kier alpha value is -1.27. The monoisotopic (exact) mass is 340 g/mol. The molecular formula is C13H13BrN2O2S. The van der Waals surface area contributed by atoms with Crippen LogP contribution in [0.4, 0.5) is 5.69 Å². The number of nitrogens with two attached hydrogens (primary N) is 1. The minimum Gasteiger partial charge on any atom is -0.389 e. The molecule has 6 heteroatoms. The Kier molecular flexibility index (Phi) is 3.73. The van der Waals surface area contributed by atoms with Gasteiger partial charge in [-0.25, -0.2) is 4.90 Å². The van der Waals surface area contributed by atoms with Crippen molar-refractivity contribution in [2.24, 2.45) is 17.6 Å². The number of halogens is 1. The van der Waals surface area contributed by atoms with Crippen LogP contribution in [0.25, 0.3) is 0 Å². The van der Waals surface area contributed by atoms with Gasteiger partial charge in [0.25, 0.3) is 0 Å². The predicted molar refractivity (Wildman–Crippen MR) is 80.9 cm³/mol. The highest BCUT2D eigenvalue weighted by atomic mass is 79.9. The van der Waals surface area contributed by atoms with Crippen LogP contribution in [-0.2, 0) is 9.59 Å². The van der Waals surface area contributed by atoms with Crippen molar-refractivity contribution in [2.45, 2.75) is 13.8 Å². The standard InChI is InChI=1S/C13H13BrN2O2S/c1-6-7(2)13(18)16(12(6)17)10-4-3-8(14)5-9(10)11(15)19/h3-7H,1-2H3,(H2,15,19). The first kappa shape index (κ1) is 14.1. The normalized spacial score (nSPS) is 23.0. The average Bonchev–Trinajstić information content (AvgIpc) is 2.54. The molecule has 1 aliphatic rings. The van der Waals surface area contributed by atoms with E-state index in [2.05, 4.69) is 15.9 Å².